The van der Waals surface area contributed by atoms with Crippen molar-refractivity contribution in [1.82, 2.24) is 14.9 Å². The first kappa shape index (κ1) is 14.1. The molecule has 1 fully saturated rings. The highest BCUT2D eigenvalue weighted by molar-refractivity contribution is 6.30. The molecule has 2 heterocycles. The van der Waals surface area contributed by atoms with Gasteiger partial charge >= 0.3 is 0 Å². The van der Waals surface area contributed by atoms with E-state index < -0.39 is 0 Å². The van der Waals surface area contributed by atoms with E-state index >= 15 is 0 Å². The lowest BCUT2D eigenvalue weighted by Gasteiger charge is -2.30. The van der Waals surface area contributed by atoms with Gasteiger partial charge in [0.2, 0.25) is 5.91 Å². The Hall–Kier alpha value is -1.36. The van der Waals surface area contributed by atoms with Gasteiger partial charge in [-0.15, -0.1) is 0 Å². The standard InChI is InChI=1S/C13H19ClN4O/c1-4-10-16-12(14)8(2)13(17-10)15-9-5-6-11(19)18(3)7-9/h9H,4-7H2,1-3H3,(H,15,16,17). The monoisotopic (exact) mass is 282 g/mol. The number of likely N-dealkylation sites (N-methyl/N-ethyl adjacent to an activating group) is 1. The number of carbonyl (C=O) groups excluding carboxylic acids is 1. The fourth-order valence-corrected chi connectivity index (χ4v) is 2.34. The number of hydrogen-bond acceptors (Lipinski definition) is 4. The van der Waals surface area contributed by atoms with Crippen LogP contribution in [-0.4, -0.2) is 40.4 Å². The summed E-state index contributed by atoms with van der Waals surface area (Å²) in [5, 5.41) is 3.88. The van der Waals surface area contributed by atoms with Crippen LogP contribution in [0.1, 0.15) is 31.2 Å². The van der Waals surface area contributed by atoms with Gasteiger partial charge in [0.25, 0.3) is 0 Å². The number of aromatic nitrogens is 2. The maximum Gasteiger partial charge on any atom is 0.222 e. The van der Waals surface area contributed by atoms with E-state index in [1.54, 1.807) is 4.90 Å². The second-order valence-electron chi connectivity index (χ2n) is 4.91. The Kier molecular flexibility index (Phi) is 4.24. The largest absolute Gasteiger partial charge is 0.365 e. The van der Waals surface area contributed by atoms with Crippen LogP contribution in [0.2, 0.25) is 5.15 Å². The van der Waals surface area contributed by atoms with Crippen LogP contribution in [-0.2, 0) is 11.2 Å². The second kappa shape index (κ2) is 5.74. The maximum absolute atomic E-state index is 11.5. The van der Waals surface area contributed by atoms with Crippen LogP contribution in [0.15, 0.2) is 0 Å². The average molecular weight is 283 g/mol. The van der Waals surface area contributed by atoms with Crippen LogP contribution in [0, 0.1) is 6.92 Å². The quantitative estimate of drug-likeness (QED) is 0.862. The number of carbonyl (C=O) groups is 1. The number of anilines is 1. The van der Waals surface area contributed by atoms with Gasteiger partial charge in [0.05, 0.1) is 0 Å². The van der Waals surface area contributed by atoms with Gasteiger partial charge in [0.15, 0.2) is 0 Å². The Morgan fingerprint density at radius 3 is 2.84 bits per heavy atom. The third-order valence-electron chi connectivity index (χ3n) is 3.42. The van der Waals surface area contributed by atoms with Crippen molar-refractivity contribution in [2.24, 2.45) is 0 Å². The smallest absolute Gasteiger partial charge is 0.222 e. The van der Waals surface area contributed by atoms with Crippen LogP contribution in [0.5, 0.6) is 0 Å². The first-order valence-electron chi connectivity index (χ1n) is 6.54. The summed E-state index contributed by atoms with van der Waals surface area (Å²) in [5.74, 6) is 1.72. The Labute approximate surface area is 118 Å². The molecule has 0 aromatic carbocycles. The zero-order valence-corrected chi connectivity index (χ0v) is 12.3. The minimum atomic E-state index is 0.199. The van der Waals surface area contributed by atoms with Crippen LogP contribution >= 0.6 is 11.6 Å². The van der Waals surface area contributed by atoms with E-state index in [-0.39, 0.29) is 11.9 Å². The van der Waals surface area contributed by atoms with Crippen LogP contribution in [0.3, 0.4) is 0 Å². The number of amides is 1. The van der Waals surface area contributed by atoms with Crippen LogP contribution in [0.25, 0.3) is 0 Å². The van der Waals surface area contributed by atoms with Gasteiger partial charge in [0.1, 0.15) is 16.8 Å². The number of rotatable bonds is 3. The average Bonchev–Trinajstić information content (AvgIpc) is 2.39. The van der Waals surface area contributed by atoms with E-state index in [0.29, 0.717) is 18.1 Å². The lowest BCUT2D eigenvalue weighted by Crippen LogP contribution is -2.43. The summed E-state index contributed by atoms with van der Waals surface area (Å²) in [4.78, 5) is 21.9. The van der Waals surface area contributed by atoms with Gasteiger partial charge in [0, 0.05) is 38.0 Å². The van der Waals surface area contributed by atoms with Crippen molar-refractivity contribution in [2.75, 3.05) is 18.9 Å². The molecule has 1 aliphatic heterocycles. The number of halogens is 1. The molecule has 1 amide bonds. The highest BCUT2D eigenvalue weighted by atomic mass is 35.5. The SMILES string of the molecule is CCc1nc(Cl)c(C)c(NC2CCC(=O)N(C)C2)n1. The molecule has 1 saturated heterocycles. The molecule has 1 aliphatic rings. The number of hydrogen-bond donors (Lipinski definition) is 1. The number of aryl methyl sites for hydroxylation is 1. The maximum atomic E-state index is 11.5. The molecule has 19 heavy (non-hydrogen) atoms. The Bertz CT molecular complexity index is 492. The van der Waals surface area contributed by atoms with Crippen LogP contribution < -0.4 is 5.32 Å². The van der Waals surface area contributed by atoms with Crippen molar-refractivity contribution in [2.45, 2.75) is 39.2 Å². The van der Waals surface area contributed by atoms with E-state index in [1.165, 1.54) is 0 Å². The third kappa shape index (κ3) is 3.15. The molecule has 0 aliphatic carbocycles. The second-order valence-corrected chi connectivity index (χ2v) is 5.27. The Morgan fingerprint density at radius 1 is 1.47 bits per heavy atom. The van der Waals surface area contributed by atoms with E-state index in [9.17, 15) is 4.79 Å². The molecule has 104 valence electrons. The summed E-state index contributed by atoms with van der Waals surface area (Å²) < 4.78 is 0. The van der Waals surface area contributed by atoms with Crippen molar-refractivity contribution in [3.63, 3.8) is 0 Å². The molecular weight excluding hydrogens is 264 g/mol. The molecular formula is C13H19ClN4O. The molecule has 1 aromatic heterocycles. The summed E-state index contributed by atoms with van der Waals surface area (Å²) in [6.07, 6.45) is 2.15. The Balaban J connectivity index is 2.14. The minimum Gasteiger partial charge on any atom is -0.365 e. The number of nitrogens with one attached hydrogen (secondary N) is 1. The molecule has 5 nitrogen and oxygen atoms in total. The molecule has 0 bridgehead atoms. The molecule has 0 saturated carbocycles. The summed E-state index contributed by atoms with van der Waals surface area (Å²) in [6, 6.07) is 0.220. The first-order chi connectivity index (χ1) is 9.01. The molecule has 6 heteroatoms. The molecule has 1 atom stereocenters. The van der Waals surface area contributed by atoms with Gasteiger partial charge in [-0.2, -0.15) is 0 Å². The van der Waals surface area contributed by atoms with Gasteiger partial charge in [-0.1, -0.05) is 18.5 Å². The molecule has 2 rings (SSSR count). The summed E-state index contributed by atoms with van der Waals surface area (Å²) >= 11 is 6.11. The fourth-order valence-electron chi connectivity index (χ4n) is 2.15. The van der Waals surface area contributed by atoms with E-state index in [4.69, 9.17) is 11.6 Å². The highest BCUT2D eigenvalue weighted by Crippen LogP contribution is 2.22. The molecule has 0 radical (unpaired) electrons. The van der Waals surface area contributed by atoms with Crippen molar-refractivity contribution >= 4 is 23.3 Å². The topological polar surface area (TPSA) is 58.1 Å². The summed E-state index contributed by atoms with van der Waals surface area (Å²) in [5.41, 5.74) is 0.860. The summed E-state index contributed by atoms with van der Waals surface area (Å²) in [7, 11) is 1.83. The molecule has 1 N–H and O–H groups in total. The third-order valence-corrected chi connectivity index (χ3v) is 3.78. The lowest BCUT2D eigenvalue weighted by molar-refractivity contribution is -0.132. The van der Waals surface area contributed by atoms with Crippen molar-refractivity contribution in [3.8, 4) is 0 Å². The number of likely N-dealkylation sites (tertiary alicyclic amines) is 1. The van der Waals surface area contributed by atoms with Crippen molar-refractivity contribution in [1.29, 1.82) is 0 Å². The zero-order valence-electron chi connectivity index (χ0n) is 11.5. The summed E-state index contributed by atoms with van der Waals surface area (Å²) in [6.45, 7) is 4.60. The van der Waals surface area contributed by atoms with E-state index in [1.807, 2.05) is 20.9 Å². The molecule has 1 unspecified atom stereocenters. The number of nitrogens with zero attached hydrogens (tertiary/aromatic N) is 3. The van der Waals surface area contributed by atoms with E-state index in [0.717, 1.165) is 30.0 Å². The predicted octanol–water partition coefficient (Wildman–Crippen LogP) is 2.03. The lowest BCUT2D eigenvalue weighted by atomic mass is 10.1. The normalized spacial score (nSPS) is 19.7. The van der Waals surface area contributed by atoms with Crippen LogP contribution in [0.4, 0.5) is 5.82 Å². The molecule has 1 aromatic rings. The van der Waals surface area contributed by atoms with Gasteiger partial charge in [-0.3, -0.25) is 4.79 Å². The number of piperidine rings is 1. The fraction of sp³-hybridized carbons (Fsp3) is 0.615. The zero-order chi connectivity index (χ0) is 14.0. The van der Waals surface area contributed by atoms with Gasteiger partial charge in [-0.25, -0.2) is 9.97 Å². The molecule has 0 spiro atoms. The highest BCUT2D eigenvalue weighted by Gasteiger charge is 2.23. The van der Waals surface area contributed by atoms with E-state index in [2.05, 4.69) is 15.3 Å². The Morgan fingerprint density at radius 2 is 2.21 bits per heavy atom. The minimum absolute atomic E-state index is 0.199. The predicted molar refractivity (Wildman–Crippen MR) is 75.4 cm³/mol. The van der Waals surface area contributed by atoms with Gasteiger partial charge in [-0.05, 0) is 13.3 Å². The first-order valence-corrected chi connectivity index (χ1v) is 6.92. The van der Waals surface area contributed by atoms with Gasteiger partial charge < -0.3 is 10.2 Å². The van der Waals surface area contributed by atoms with Crippen molar-refractivity contribution in [3.05, 3.63) is 16.5 Å². The van der Waals surface area contributed by atoms with Crippen molar-refractivity contribution < 1.29 is 4.79 Å².